The van der Waals surface area contributed by atoms with Gasteiger partial charge in [0, 0.05) is 17.4 Å². The Hall–Kier alpha value is -1.36. The van der Waals surface area contributed by atoms with Crippen LogP contribution in [0.15, 0.2) is 22.7 Å². The molecule has 1 amide bonds. The molecule has 0 aliphatic carbocycles. The van der Waals surface area contributed by atoms with Crippen molar-refractivity contribution >= 4 is 27.8 Å². The number of carbonyl (C=O) groups is 2. The summed E-state index contributed by atoms with van der Waals surface area (Å²) in [5, 5.41) is 9.53. The highest BCUT2D eigenvalue weighted by Crippen LogP contribution is 2.40. The van der Waals surface area contributed by atoms with Gasteiger partial charge in [-0.3, -0.25) is 9.59 Å². The lowest BCUT2D eigenvalue weighted by Gasteiger charge is -2.40. The van der Waals surface area contributed by atoms with Gasteiger partial charge < -0.3 is 10.0 Å². The van der Waals surface area contributed by atoms with Crippen molar-refractivity contribution < 1.29 is 14.7 Å². The maximum absolute atomic E-state index is 12.2. The summed E-state index contributed by atoms with van der Waals surface area (Å²) in [4.78, 5) is 25.6. The van der Waals surface area contributed by atoms with Gasteiger partial charge in [-0.2, -0.15) is 0 Å². The molecule has 1 saturated heterocycles. The Balaban J connectivity index is 2.48. The molecule has 0 saturated carbocycles. The molecule has 1 aliphatic rings. The van der Waals surface area contributed by atoms with Gasteiger partial charge in [0.2, 0.25) is 5.91 Å². The number of halogens is 1. The number of carboxylic acid groups (broad SMARTS) is 1. The van der Waals surface area contributed by atoms with Gasteiger partial charge in [-0.05, 0) is 37.0 Å². The molecule has 0 radical (unpaired) electrons. The van der Waals surface area contributed by atoms with Gasteiger partial charge >= 0.3 is 5.97 Å². The Morgan fingerprint density at radius 3 is 2.76 bits per heavy atom. The van der Waals surface area contributed by atoms with Gasteiger partial charge in [0.1, 0.15) is 0 Å². The van der Waals surface area contributed by atoms with Crippen LogP contribution in [0.1, 0.15) is 43.4 Å². The molecule has 2 atom stereocenters. The number of piperidine rings is 1. The van der Waals surface area contributed by atoms with Crippen LogP contribution in [0.5, 0.6) is 0 Å². The zero-order valence-corrected chi connectivity index (χ0v) is 13.9. The van der Waals surface area contributed by atoms with E-state index in [1.807, 2.05) is 32.0 Å². The van der Waals surface area contributed by atoms with E-state index in [1.54, 1.807) is 4.90 Å². The van der Waals surface area contributed by atoms with E-state index < -0.39 is 17.9 Å². The van der Waals surface area contributed by atoms with Crippen molar-refractivity contribution in [3.63, 3.8) is 0 Å². The summed E-state index contributed by atoms with van der Waals surface area (Å²) in [6, 6.07) is 5.47. The average molecular weight is 354 g/mol. The predicted molar refractivity (Wildman–Crippen MR) is 84.0 cm³/mol. The van der Waals surface area contributed by atoms with Crippen LogP contribution in [-0.2, 0) is 9.59 Å². The zero-order chi connectivity index (χ0) is 15.6. The average Bonchev–Trinajstić information content (AvgIpc) is 2.41. The second kappa shape index (κ2) is 6.60. The van der Waals surface area contributed by atoms with E-state index >= 15 is 0 Å². The topological polar surface area (TPSA) is 57.6 Å². The predicted octanol–water partition coefficient (Wildman–Crippen LogP) is 3.53. The van der Waals surface area contributed by atoms with E-state index in [1.165, 1.54) is 0 Å². The summed E-state index contributed by atoms with van der Waals surface area (Å²) in [6.45, 7) is 4.57. The molecule has 21 heavy (non-hydrogen) atoms. The molecule has 1 aromatic carbocycles. The monoisotopic (exact) mass is 353 g/mol. The lowest BCUT2D eigenvalue weighted by Crippen LogP contribution is -2.45. The van der Waals surface area contributed by atoms with Crippen LogP contribution in [0.2, 0.25) is 0 Å². The third kappa shape index (κ3) is 3.28. The number of hydrogen-bond donors (Lipinski definition) is 1. The molecule has 114 valence electrons. The highest BCUT2D eigenvalue weighted by molar-refractivity contribution is 9.10. The van der Waals surface area contributed by atoms with Gasteiger partial charge in [0.05, 0.1) is 12.0 Å². The molecule has 2 unspecified atom stereocenters. The fourth-order valence-electron chi connectivity index (χ4n) is 2.97. The second-order valence-electron chi connectivity index (χ2n) is 5.54. The fourth-order valence-corrected chi connectivity index (χ4v) is 3.70. The molecule has 1 heterocycles. The quantitative estimate of drug-likeness (QED) is 0.900. The Morgan fingerprint density at radius 2 is 2.19 bits per heavy atom. The third-order valence-corrected chi connectivity index (χ3v) is 4.65. The van der Waals surface area contributed by atoms with Gasteiger partial charge in [-0.15, -0.1) is 0 Å². The van der Waals surface area contributed by atoms with E-state index in [-0.39, 0.29) is 5.91 Å². The fraction of sp³-hybridized carbons (Fsp3) is 0.500. The molecular weight excluding hydrogens is 334 g/mol. The van der Waals surface area contributed by atoms with Gasteiger partial charge in [0.15, 0.2) is 0 Å². The van der Waals surface area contributed by atoms with Gasteiger partial charge in [-0.1, -0.05) is 35.0 Å². The van der Waals surface area contributed by atoms with Crippen LogP contribution >= 0.6 is 15.9 Å². The SMILES string of the molecule is CCCN1C(=O)CCC(C(=O)O)C1c1ccc(C)cc1Br. The largest absolute Gasteiger partial charge is 0.481 e. The molecule has 1 aromatic rings. The second-order valence-corrected chi connectivity index (χ2v) is 6.39. The summed E-state index contributed by atoms with van der Waals surface area (Å²) in [7, 11) is 0. The van der Waals surface area contributed by atoms with Gasteiger partial charge in [-0.25, -0.2) is 0 Å². The molecule has 0 bridgehead atoms. The first-order chi connectivity index (χ1) is 9.95. The molecular formula is C16H20BrNO3. The normalized spacial score (nSPS) is 22.4. The smallest absolute Gasteiger partial charge is 0.308 e. The van der Waals surface area contributed by atoms with Crippen molar-refractivity contribution in [1.29, 1.82) is 0 Å². The molecule has 4 nitrogen and oxygen atoms in total. The van der Waals surface area contributed by atoms with E-state index in [9.17, 15) is 14.7 Å². The Kier molecular flexibility index (Phi) is 5.04. The number of aliphatic carboxylic acids is 1. The van der Waals surface area contributed by atoms with Crippen LogP contribution in [0.3, 0.4) is 0 Å². The first kappa shape index (κ1) is 16.0. The number of carbonyl (C=O) groups excluding carboxylic acids is 1. The third-order valence-electron chi connectivity index (χ3n) is 3.96. The lowest BCUT2D eigenvalue weighted by atomic mass is 9.84. The minimum atomic E-state index is -0.832. The van der Waals surface area contributed by atoms with Crippen LogP contribution in [-0.4, -0.2) is 28.4 Å². The summed E-state index contributed by atoms with van der Waals surface area (Å²) in [6.07, 6.45) is 1.54. The first-order valence-electron chi connectivity index (χ1n) is 7.24. The highest BCUT2D eigenvalue weighted by Gasteiger charge is 2.40. The number of nitrogens with zero attached hydrogens (tertiary/aromatic N) is 1. The van der Waals surface area contributed by atoms with Crippen molar-refractivity contribution in [1.82, 2.24) is 4.90 Å². The first-order valence-corrected chi connectivity index (χ1v) is 8.03. The Bertz CT molecular complexity index is 558. The van der Waals surface area contributed by atoms with E-state index in [4.69, 9.17) is 0 Å². The van der Waals surface area contributed by atoms with E-state index in [0.29, 0.717) is 19.4 Å². The lowest BCUT2D eigenvalue weighted by molar-refractivity contribution is -0.152. The summed E-state index contributed by atoms with van der Waals surface area (Å²) in [5.74, 6) is -1.33. The van der Waals surface area contributed by atoms with Crippen molar-refractivity contribution in [2.45, 2.75) is 39.2 Å². The number of hydrogen-bond acceptors (Lipinski definition) is 2. The Labute approximate surface area is 133 Å². The van der Waals surface area contributed by atoms with Crippen molar-refractivity contribution in [3.05, 3.63) is 33.8 Å². The zero-order valence-electron chi connectivity index (χ0n) is 12.3. The Morgan fingerprint density at radius 1 is 1.48 bits per heavy atom. The summed E-state index contributed by atoms with van der Waals surface area (Å²) < 4.78 is 0.870. The van der Waals surface area contributed by atoms with E-state index in [2.05, 4.69) is 15.9 Å². The maximum Gasteiger partial charge on any atom is 0.308 e. The number of benzene rings is 1. The summed E-state index contributed by atoms with van der Waals surface area (Å²) in [5.41, 5.74) is 1.98. The van der Waals surface area contributed by atoms with Gasteiger partial charge in [0.25, 0.3) is 0 Å². The maximum atomic E-state index is 12.2. The minimum Gasteiger partial charge on any atom is -0.481 e. The van der Waals surface area contributed by atoms with Crippen LogP contribution < -0.4 is 0 Å². The number of amides is 1. The molecule has 1 N–H and O–H groups in total. The minimum absolute atomic E-state index is 0.0480. The molecule has 2 rings (SSSR count). The van der Waals surface area contributed by atoms with Crippen LogP contribution in [0.25, 0.3) is 0 Å². The van der Waals surface area contributed by atoms with Crippen LogP contribution in [0, 0.1) is 12.8 Å². The molecule has 0 spiro atoms. The molecule has 1 aliphatic heterocycles. The highest BCUT2D eigenvalue weighted by atomic mass is 79.9. The number of rotatable bonds is 4. The number of likely N-dealkylation sites (tertiary alicyclic amines) is 1. The van der Waals surface area contributed by atoms with Crippen molar-refractivity contribution in [3.8, 4) is 0 Å². The molecule has 0 aromatic heterocycles. The molecule has 1 fully saturated rings. The summed E-state index contributed by atoms with van der Waals surface area (Å²) >= 11 is 3.53. The van der Waals surface area contributed by atoms with Crippen LogP contribution in [0.4, 0.5) is 0 Å². The van der Waals surface area contributed by atoms with Crippen molar-refractivity contribution in [2.24, 2.45) is 5.92 Å². The number of carboxylic acids is 1. The number of aryl methyl sites for hydroxylation is 1. The standard InChI is InChI=1S/C16H20BrNO3/c1-3-8-18-14(19)7-6-12(16(20)21)15(18)11-5-4-10(2)9-13(11)17/h4-5,9,12,15H,3,6-8H2,1-2H3,(H,20,21). The molecule has 5 heteroatoms. The van der Waals surface area contributed by atoms with E-state index in [0.717, 1.165) is 22.0 Å². The van der Waals surface area contributed by atoms with Crippen molar-refractivity contribution in [2.75, 3.05) is 6.54 Å².